The Bertz CT molecular complexity index is 190. The smallest absolute Gasteiger partial charge is 0.305 e. The van der Waals surface area contributed by atoms with Crippen LogP contribution >= 0.6 is 0 Å². The molecule has 11 heavy (non-hydrogen) atoms. The monoisotopic (exact) mass is 157 g/mol. The molecular weight excluding hydrogens is 146 g/mol. The average molecular weight is 157 g/mol. The number of hydrogen-bond donors (Lipinski definition) is 1. The number of hydrogen-bond acceptors (Lipinski definition) is 2. The molecule has 1 aliphatic rings. The molecule has 0 saturated carbocycles. The predicted octanol–water partition coefficient (Wildman–Crippen LogP) is 0.0819. The van der Waals surface area contributed by atoms with E-state index in [4.69, 9.17) is 5.11 Å². The van der Waals surface area contributed by atoms with Crippen molar-refractivity contribution in [3.8, 4) is 0 Å². The van der Waals surface area contributed by atoms with E-state index in [1.807, 2.05) is 6.92 Å². The number of carboxylic acids is 1. The second-order valence-corrected chi connectivity index (χ2v) is 2.64. The summed E-state index contributed by atoms with van der Waals surface area (Å²) in [6.45, 7) is 2.47. The van der Waals surface area contributed by atoms with Gasteiger partial charge in [0.15, 0.2) is 0 Å². The van der Waals surface area contributed by atoms with Gasteiger partial charge < -0.3 is 10.0 Å². The fourth-order valence-electron chi connectivity index (χ4n) is 1.34. The Morgan fingerprint density at radius 2 is 2.45 bits per heavy atom. The molecule has 0 aromatic heterocycles. The summed E-state index contributed by atoms with van der Waals surface area (Å²) in [5, 5.41) is 8.41. The number of carbonyl (C=O) groups is 2. The zero-order chi connectivity index (χ0) is 8.43. The summed E-state index contributed by atoms with van der Waals surface area (Å²) in [5.74, 6) is -0.764. The lowest BCUT2D eigenvalue weighted by Gasteiger charge is -2.38. The number of carbonyl (C=O) groups excluding carboxylic acids is 1. The third-order valence-electron chi connectivity index (χ3n) is 1.92. The highest BCUT2D eigenvalue weighted by atomic mass is 16.4. The molecule has 0 bridgehead atoms. The van der Waals surface area contributed by atoms with Crippen LogP contribution in [-0.2, 0) is 9.59 Å². The lowest BCUT2D eigenvalue weighted by atomic mass is 9.99. The molecule has 0 aromatic rings. The molecule has 0 aromatic carbocycles. The minimum absolute atomic E-state index is 0.0509. The van der Waals surface area contributed by atoms with Gasteiger partial charge in [-0.3, -0.25) is 9.59 Å². The first-order chi connectivity index (χ1) is 5.15. The summed E-state index contributed by atoms with van der Waals surface area (Å²) in [6.07, 6.45) is 0.486. The van der Waals surface area contributed by atoms with Crippen LogP contribution in [0.2, 0.25) is 0 Å². The van der Waals surface area contributed by atoms with Crippen molar-refractivity contribution < 1.29 is 14.7 Å². The van der Waals surface area contributed by atoms with Crippen LogP contribution in [-0.4, -0.2) is 34.5 Å². The number of aliphatic carboxylic acids is 1. The van der Waals surface area contributed by atoms with E-state index < -0.39 is 5.97 Å². The van der Waals surface area contributed by atoms with Crippen LogP contribution in [0, 0.1) is 0 Å². The maximum atomic E-state index is 10.8. The van der Waals surface area contributed by atoms with Crippen molar-refractivity contribution in [3.63, 3.8) is 0 Å². The van der Waals surface area contributed by atoms with Crippen molar-refractivity contribution in [2.75, 3.05) is 6.54 Å². The highest BCUT2D eigenvalue weighted by Gasteiger charge is 2.35. The van der Waals surface area contributed by atoms with Crippen LogP contribution in [0.3, 0.4) is 0 Å². The molecule has 1 N–H and O–H groups in total. The molecular formula is C7H11NO3. The van der Waals surface area contributed by atoms with Gasteiger partial charge in [0, 0.05) is 13.0 Å². The van der Waals surface area contributed by atoms with Gasteiger partial charge in [0.25, 0.3) is 0 Å². The van der Waals surface area contributed by atoms with Gasteiger partial charge in [-0.1, -0.05) is 0 Å². The van der Waals surface area contributed by atoms with Crippen molar-refractivity contribution in [1.82, 2.24) is 4.90 Å². The number of carboxylic acid groups (broad SMARTS) is 1. The standard InChI is InChI=1S/C7H11NO3/c1-2-8-5(3-6(8)9)4-7(10)11/h5H,2-4H2,1H3,(H,10,11). The number of rotatable bonds is 3. The quantitative estimate of drug-likeness (QED) is 0.590. The minimum Gasteiger partial charge on any atom is -0.481 e. The molecule has 1 unspecified atom stereocenters. The normalized spacial score (nSPS) is 23.2. The van der Waals surface area contributed by atoms with Gasteiger partial charge >= 0.3 is 5.97 Å². The number of nitrogens with zero attached hydrogens (tertiary/aromatic N) is 1. The van der Waals surface area contributed by atoms with Gasteiger partial charge in [0.1, 0.15) is 0 Å². The van der Waals surface area contributed by atoms with E-state index in [1.54, 1.807) is 4.90 Å². The highest BCUT2D eigenvalue weighted by Crippen LogP contribution is 2.21. The zero-order valence-corrected chi connectivity index (χ0v) is 6.41. The first-order valence-electron chi connectivity index (χ1n) is 3.66. The molecule has 1 fully saturated rings. The fraction of sp³-hybridized carbons (Fsp3) is 0.714. The van der Waals surface area contributed by atoms with Crippen molar-refractivity contribution in [2.45, 2.75) is 25.8 Å². The third-order valence-corrected chi connectivity index (χ3v) is 1.92. The summed E-state index contributed by atoms with van der Waals surface area (Å²) in [5.41, 5.74) is 0. The van der Waals surface area contributed by atoms with Crippen LogP contribution in [0.25, 0.3) is 0 Å². The van der Waals surface area contributed by atoms with E-state index in [1.165, 1.54) is 0 Å². The summed E-state index contributed by atoms with van der Waals surface area (Å²) >= 11 is 0. The minimum atomic E-state index is -0.832. The number of likely N-dealkylation sites (tertiary alicyclic amines) is 1. The highest BCUT2D eigenvalue weighted by molar-refractivity contribution is 5.84. The molecule has 0 radical (unpaired) electrons. The Morgan fingerprint density at radius 3 is 2.82 bits per heavy atom. The van der Waals surface area contributed by atoms with Crippen molar-refractivity contribution in [3.05, 3.63) is 0 Å². The molecule has 1 heterocycles. The summed E-state index contributed by atoms with van der Waals surface area (Å²) in [7, 11) is 0. The molecule has 4 heteroatoms. The Kier molecular flexibility index (Phi) is 2.12. The first kappa shape index (κ1) is 8.04. The molecule has 4 nitrogen and oxygen atoms in total. The van der Waals surface area contributed by atoms with E-state index >= 15 is 0 Å². The van der Waals surface area contributed by atoms with Crippen LogP contribution in [0.15, 0.2) is 0 Å². The summed E-state index contributed by atoms with van der Waals surface area (Å²) in [6, 6.07) is -0.0509. The van der Waals surface area contributed by atoms with Crippen molar-refractivity contribution in [1.29, 1.82) is 0 Å². The fourth-order valence-corrected chi connectivity index (χ4v) is 1.34. The predicted molar refractivity (Wildman–Crippen MR) is 38.0 cm³/mol. The Labute approximate surface area is 64.8 Å². The summed E-state index contributed by atoms with van der Waals surface area (Å²) in [4.78, 5) is 22.6. The third kappa shape index (κ3) is 1.50. The maximum absolute atomic E-state index is 10.8. The van der Waals surface area contributed by atoms with E-state index in [0.717, 1.165) is 0 Å². The molecule has 62 valence electrons. The number of amides is 1. The van der Waals surface area contributed by atoms with Crippen molar-refractivity contribution in [2.24, 2.45) is 0 Å². The molecule has 0 spiro atoms. The second kappa shape index (κ2) is 2.90. The molecule has 1 saturated heterocycles. The van der Waals surface area contributed by atoms with Gasteiger partial charge in [0.05, 0.1) is 12.5 Å². The SMILES string of the molecule is CCN1C(=O)CC1CC(=O)O. The lowest BCUT2D eigenvalue weighted by molar-refractivity contribution is -0.150. The van der Waals surface area contributed by atoms with E-state index in [2.05, 4.69) is 0 Å². The van der Waals surface area contributed by atoms with Crippen LogP contribution in [0.1, 0.15) is 19.8 Å². The van der Waals surface area contributed by atoms with Crippen LogP contribution in [0.4, 0.5) is 0 Å². The van der Waals surface area contributed by atoms with E-state index in [-0.39, 0.29) is 18.4 Å². The number of β-lactam (4-membered cyclic amide) rings is 1. The lowest BCUT2D eigenvalue weighted by Crippen LogP contribution is -2.53. The largest absolute Gasteiger partial charge is 0.481 e. The molecule has 1 aliphatic heterocycles. The zero-order valence-electron chi connectivity index (χ0n) is 6.41. The molecule has 1 atom stereocenters. The van der Waals surface area contributed by atoms with Crippen LogP contribution in [0.5, 0.6) is 0 Å². The maximum Gasteiger partial charge on any atom is 0.305 e. The van der Waals surface area contributed by atoms with Gasteiger partial charge in [-0.25, -0.2) is 0 Å². The molecule has 1 rings (SSSR count). The molecule has 0 aliphatic carbocycles. The first-order valence-corrected chi connectivity index (χ1v) is 3.66. The average Bonchev–Trinajstić information content (AvgIpc) is 1.86. The molecule has 1 amide bonds. The van der Waals surface area contributed by atoms with Gasteiger partial charge in [-0.05, 0) is 6.92 Å². The van der Waals surface area contributed by atoms with Gasteiger partial charge in [0.2, 0.25) is 5.91 Å². The topological polar surface area (TPSA) is 57.6 Å². The van der Waals surface area contributed by atoms with E-state index in [9.17, 15) is 9.59 Å². The summed E-state index contributed by atoms with van der Waals surface area (Å²) < 4.78 is 0. The Morgan fingerprint density at radius 1 is 1.82 bits per heavy atom. The van der Waals surface area contributed by atoms with Crippen molar-refractivity contribution >= 4 is 11.9 Å². The van der Waals surface area contributed by atoms with Gasteiger partial charge in [-0.15, -0.1) is 0 Å². The van der Waals surface area contributed by atoms with Gasteiger partial charge in [-0.2, -0.15) is 0 Å². The van der Waals surface area contributed by atoms with Crippen LogP contribution < -0.4 is 0 Å². The Hall–Kier alpha value is -1.06. The van der Waals surface area contributed by atoms with E-state index in [0.29, 0.717) is 13.0 Å². The second-order valence-electron chi connectivity index (χ2n) is 2.64. The Balaban J connectivity index is 2.38.